The molecule has 3 N–H and O–H groups in total. The first-order valence-corrected chi connectivity index (χ1v) is 7.49. The van der Waals surface area contributed by atoms with Crippen molar-refractivity contribution in [2.45, 2.75) is 58.0 Å². The molecule has 0 heterocycles. The summed E-state index contributed by atoms with van der Waals surface area (Å²) in [4.78, 5) is 14.3. The fourth-order valence-corrected chi connectivity index (χ4v) is 3.03. The van der Waals surface area contributed by atoms with Gasteiger partial charge in [0.25, 0.3) is 0 Å². The topological polar surface area (TPSA) is 58.4 Å². The van der Waals surface area contributed by atoms with Crippen LogP contribution in [0.5, 0.6) is 0 Å². The molecular formula is C15H31N3O. The van der Waals surface area contributed by atoms with Gasteiger partial charge in [0.2, 0.25) is 5.91 Å². The first-order chi connectivity index (χ1) is 8.78. The fourth-order valence-electron chi connectivity index (χ4n) is 3.03. The molecule has 1 aliphatic rings. The first-order valence-electron chi connectivity index (χ1n) is 7.49. The van der Waals surface area contributed by atoms with Crippen LogP contribution in [0.25, 0.3) is 0 Å². The van der Waals surface area contributed by atoms with Crippen LogP contribution >= 0.6 is 0 Å². The Hall–Kier alpha value is -0.610. The summed E-state index contributed by atoms with van der Waals surface area (Å²) in [5.74, 6) is 0.891. The molecule has 0 aliphatic heterocycles. The summed E-state index contributed by atoms with van der Waals surface area (Å²) in [7, 11) is 4.24. The number of likely N-dealkylation sites (N-methyl/N-ethyl adjacent to an activating group) is 1. The predicted molar refractivity (Wildman–Crippen MR) is 79.9 cm³/mol. The van der Waals surface area contributed by atoms with E-state index >= 15 is 0 Å². The van der Waals surface area contributed by atoms with Gasteiger partial charge in [0, 0.05) is 12.1 Å². The molecule has 0 spiro atoms. The molecule has 0 aromatic rings. The monoisotopic (exact) mass is 269 g/mol. The van der Waals surface area contributed by atoms with Crippen molar-refractivity contribution in [1.29, 1.82) is 0 Å². The van der Waals surface area contributed by atoms with Gasteiger partial charge in [0.1, 0.15) is 0 Å². The number of hydrogen-bond donors (Lipinski definition) is 2. The van der Waals surface area contributed by atoms with Crippen LogP contribution in [0.4, 0.5) is 0 Å². The molecule has 2 unspecified atom stereocenters. The second-order valence-electron chi connectivity index (χ2n) is 6.81. The van der Waals surface area contributed by atoms with Crippen LogP contribution in [0, 0.1) is 11.8 Å². The van der Waals surface area contributed by atoms with Crippen LogP contribution in [0.1, 0.15) is 46.5 Å². The van der Waals surface area contributed by atoms with Gasteiger partial charge in [-0.1, -0.05) is 33.6 Å². The summed E-state index contributed by atoms with van der Waals surface area (Å²) in [5.41, 5.74) is 6.00. The minimum Gasteiger partial charge on any atom is -0.353 e. The van der Waals surface area contributed by atoms with Crippen molar-refractivity contribution >= 4 is 5.91 Å². The SMILES string of the molecule is CC1CCCC(CNC(=O)[C@@H](N)C(C)C)(N(C)C)C1. The third kappa shape index (κ3) is 4.18. The molecule has 4 heteroatoms. The normalized spacial score (nSPS) is 29.6. The van der Waals surface area contributed by atoms with E-state index in [1.54, 1.807) is 0 Å². The zero-order valence-corrected chi connectivity index (χ0v) is 13.2. The minimum absolute atomic E-state index is 0.0190. The molecule has 1 rings (SSSR count). The van der Waals surface area contributed by atoms with E-state index in [1.807, 2.05) is 13.8 Å². The Kier molecular flexibility index (Phi) is 5.81. The van der Waals surface area contributed by atoms with Crippen molar-refractivity contribution in [3.8, 4) is 0 Å². The summed E-state index contributed by atoms with van der Waals surface area (Å²) in [6.07, 6.45) is 4.85. The maximum atomic E-state index is 12.0. The van der Waals surface area contributed by atoms with E-state index in [4.69, 9.17) is 5.73 Å². The number of amides is 1. The lowest BCUT2D eigenvalue weighted by Gasteiger charge is -2.45. The third-order valence-electron chi connectivity index (χ3n) is 4.63. The molecule has 0 radical (unpaired) electrons. The van der Waals surface area contributed by atoms with Crippen LogP contribution in [-0.2, 0) is 4.79 Å². The Balaban J connectivity index is 2.62. The predicted octanol–water partition coefficient (Wildman–Crippen LogP) is 1.60. The third-order valence-corrected chi connectivity index (χ3v) is 4.63. The van der Waals surface area contributed by atoms with E-state index in [1.165, 1.54) is 12.8 Å². The van der Waals surface area contributed by atoms with Crippen molar-refractivity contribution < 1.29 is 4.79 Å². The van der Waals surface area contributed by atoms with E-state index < -0.39 is 6.04 Å². The van der Waals surface area contributed by atoms with Crippen LogP contribution < -0.4 is 11.1 Å². The Labute approximate surface area is 118 Å². The highest BCUT2D eigenvalue weighted by molar-refractivity contribution is 5.81. The molecule has 1 aliphatic carbocycles. The zero-order valence-electron chi connectivity index (χ0n) is 13.2. The fraction of sp³-hybridized carbons (Fsp3) is 0.933. The molecule has 0 aromatic carbocycles. The van der Waals surface area contributed by atoms with Gasteiger partial charge in [0.15, 0.2) is 0 Å². The van der Waals surface area contributed by atoms with Gasteiger partial charge in [-0.15, -0.1) is 0 Å². The maximum Gasteiger partial charge on any atom is 0.237 e. The first kappa shape index (κ1) is 16.4. The number of rotatable bonds is 5. The lowest BCUT2D eigenvalue weighted by Crippen LogP contribution is -2.57. The summed E-state index contributed by atoms with van der Waals surface area (Å²) < 4.78 is 0. The highest BCUT2D eigenvalue weighted by Gasteiger charge is 2.37. The molecule has 1 fully saturated rings. The quantitative estimate of drug-likeness (QED) is 0.797. The highest BCUT2D eigenvalue weighted by atomic mass is 16.2. The molecule has 0 aromatic heterocycles. The Bertz CT molecular complexity index is 304. The molecule has 3 atom stereocenters. The number of carbonyl (C=O) groups excluding carboxylic acids is 1. The largest absolute Gasteiger partial charge is 0.353 e. The standard InChI is InChI=1S/C15H31N3O/c1-11(2)13(16)14(19)17-10-15(18(4)5)8-6-7-12(3)9-15/h11-13H,6-10,16H2,1-5H3,(H,17,19)/t12?,13-,15?/m0/s1. The van der Waals surface area contributed by atoms with Crippen molar-refractivity contribution in [2.75, 3.05) is 20.6 Å². The number of carbonyl (C=O) groups is 1. The van der Waals surface area contributed by atoms with E-state index in [9.17, 15) is 4.79 Å². The van der Waals surface area contributed by atoms with Gasteiger partial charge < -0.3 is 16.0 Å². The second kappa shape index (κ2) is 6.71. The average molecular weight is 269 g/mol. The van der Waals surface area contributed by atoms with Crippen LogP contribution in [0.3, 0.4) is 0 Å². The molecule has 1 amide bonds. The number of nitrogens with two attached hydrogens (primary N) is 1. The van der Waals surface area contributed by atoms with Gasteiger partial charge in [-0.2, -0.15) is 0 Å². The van der Waals surface area contributed by atoms with E-state index in [-0.39, 0.29) is 17.4 Å². The van der Waals surface area contributed by atoms with Crippen LogP contribution in [0.2, 0.25) is 0 Å². The van der Waals surface area contributed by atoms with Crippen molar-refractivity contribution in [2.24, 2.45) is 17.6 Å². The van der Waals surface area contributed by atoms with Crippen LogP contribution in [0.15, 0.2) is 0 Å². The van der Waals surface area contributed by atoms with E-state index in [2.05, 4.69) is 31.2 Å². The Morgan fingerprint density at radius 2 is 2.11 bits per heavy atom. The highest BCUT2D eigenvalue weighted by Crippen LogP contribution is 2.35. The molecule has 0 saturated heterocycles. The second-order valence-corrected chi connectivity index (χ2v) is 6.81. The van der Waals surface area contributed by atoms with Gasteiger partial charge >= 0.3 is 0 Å². The summed E-state index contributed by atoms with van der Waals surface area (Å²) in [6, 6.07) is -0.403. The van der Waals surface area contributed by atoms with Gasteiger partial charge in [0.05, 0.1) is 6.04 Å². The van der Waals surface area contributed by atoms with Crippen molar-refractivity contribution in [1.82, 2.24) is 10.2 Å². The summed E-state index contributed by atoms with van der Waals surface area (Å²) >= 11 is 0. The molecule has 19 heavy (non-hydrogen) atoms. The molecule has 1 saturated carbocycles. The smallest absolute Gasteiger partial charge is 0.237 e. The van der Waals surface area contributed by atoms with Crippen molar-refractivity contribution in [3.63, 3.8) is 0 Å². The Morgan fingerprint density at radius 3 is 2.58 bits per heavy atom. The lowest BCUT2D eigenvalue weighted by molar-refractivity contribution is -0.124. The summed E-state index contributed by atoms with van der Waals surface area (Å²) in [6.45, 7) is 6.98. The lowest BCUT2D eigenvalue weighted by atomic mass is 9.75. The van der Waals surface area contributed by atoms with Crippen LogP contribution in [-0.4, -0.2) is 43.0 Å². The molecule has 0 bridgehead atoms. The molecule has 112 valence electrons. The van der Waals surface area contributed by atoms with Crippen molar-refractivity contribution in [3.05, 3.63) is 0 Å². The Morgan fingerprint density at radius 1 is 1.47 bits per heavy atom. The number of nitrogens with one attached hydrogen (secondary N) is 1. The van der Waals surface area contributed by atoms with Gasteiger partial charge in [-0.3, -0.25) is 4.79 Å². The minimum atomic E-state index is -0.403. The average Bonchev–Trinajstić information content (AvgIpc) is 2.34. The molecule has 4 nitrogen and oxygen atoms in total. The van der Waals surface area contributed by atoms with E-state index in [0.717, 1.165) is 18.8 Å². The number of hydrogen-bond acceptors (Lipinski definition) is 3. The zero-order chi connectivity index (χ0) is 14.6. The van der Waals surface area contributed by atoms with E-state index in [0.29, 0.717) is 6.54 Å². The number of nitrogens with zero attached hydrogens (tertiary/aromatic N) is 1. The maximum absolute atomic E-state index is 12.0. The summed E-state index contributed by atoms with van der Waals surface area (Å²) in [5, 5.41) is 3.07. The molecular weight excluding hydrogens is 238 g/mol. The van der Waals surface area contributed by atoms with Gasteiger partial charge in [-0.05, 0) is 38.8 Å². The van der Waals surface area contributed by atoms with Gasteiger partial charge in [-0.25, -0.2) is 0 Å².